The van der Waals surface area contributed by atoms with Crippen molar-refractivity contribution >= 4 is 46.4 Å². The third-order valence-electron chi connectivity index (χ3n) is 7.55. The lowest BCUT2D eigenvalue weighted by molar-refractivity contribution is -0.160. The van der Waals surface area contributed by atoms with Gasteiger partial charge in [-0.1, -0.05) is 0 Å². The van der Waals surface area contributed by atoms with Crippen LogP contribution in [0.3, 0.4) is 0 Å². The Morgan fingerprint density at radius 3 is 1.47 bits per heavy atom. The number of aromatic nitrogens is 9. The van der Waals surface area contributed by atoms with E-state index in [9.17, 15) is 32.9 Å². The lowest BCUT2D eigenvalue weighted by Gasteiger charge is -2.29. The fraction of sp³-hybridized carbons (Fsp3) is 0.643. The number of carbonyl (C=O) groups is 1. The van der Waals surface area contributed by atoms with Crippen LogP contribution in [0.25, 0.3) is 0 Å². The summed E-state index contributed by atoms with van der Waals surface area (Å²) in [7, 11) is -9.74. The van der Waals surface area contributed by atoms with Crippen LogP contribution in [0.1, 0.15) is 20.8 Å². The Morgan fingerprint density at radius 1 is 0.729 bits per heavy atom. The zero-order valence-corrected chi connectivity index (χ0v) is 34.9. The topological polar surface area (TPSA) is 384 Å². The molecule has 0 spiro atoms. The quantitative estimate of drug-likeness (QED) is 0.109. The first-order valence-electron chi connectivity index (χ1n) is 17.2. The van der Waals surface area contributed by atoms with E-state index in [1.165, 1.54) is 39.3 Å². The van der Waals surface area contributed by atoms with Crippen molar-refractivity contribution in [2.75, 3.05) is 69.5 Å². The van der Waals surface area contributed by atoms with Gasteiger partial charge in [0.05, 0.1) is 44.9 Å². The minimum atomic E-state index is -3.61. The lowest BCUT2D eigenvalue weighted by Crippen LogP contribution is -2.35. The molecular formula is C28H45N12O16P3. The van der Waals surface area contributed by atoms with E-state index in [1.54, 1.807) is 20.8 Å². The van der Waals surface area contributed by atoms with Crippen molar-refractivity contribution in [3.05, 3.63) is 50.4 Å². The highest BCUT2D eigenvalue weighted by atomic mass is 31.2. The highest BCUT2D eigenvalue weighted by Gasteiger charge is 2.35. The summed E-state index contributed by atoms with van der Waals surface area (Å²) in [5.74, 6) is -0.778. The molecule has 6 rings (SSSR count). The Hall–Kier alpha value is -4.33. The molecule has 59 heavy (non-hydrogen) atoms. The molecule has 6 heterocycles. The van der Waals surface area contributed by atoms with Gasteiger partial charge < -0.3 is 54.6 Å². The van der Waals surface area contributed by atoms with Crippen LogP contribution in [0.5, 0.6) is 0 Å². The molecule has 0 aliphatic carbocycles. The summed E-state index contributed by atoms with van der Waals surface area (Å²) in [4.78, 5) is 76.6. The monoisotopic (exact) mass is 898 g/mol. The van der Waals surface area contributed by atoms with Gasteiger partial charge >= 0.3 is 38.2 Å². The van der Waals surface area contributed by atoms with Gasteiger partial charge in [-0.3, -0.25) is 36.7 Å². The number of hydrogen-bond acceptors (Lipinski definition) is 24. The second-order valence-electron chi connectivity index (χ2n) is 13.8. The van der Waals surface area contributed by atoms with Crippen molar-refractivity contribution < 1.29 is 60.4 Å². The van der Waals surface area contributed by atoms with Crippen molar-refractivity contribution in [2.45, 2.75) is 58.7 Å². The van der Waals surface area contributed by atoms with Crippen molar-refractivity contribution in [1.29, 1.82) is 0 Å². The number of nitrogens with two attached hydrogens (primary N) is 3. The van der Waals surface area contributed by atoms with Crippen LogP contribution in [0.4, 0.5) is 17.8 Å². The van der Waals surface area contributed by atoms with E-state index in [0.717, 1.165) is 0 Å². The van der Waals surface area contributed by atoms with E-state index in [-0.39, 0.29) is 82.4 Å². The first kappa shape index (κ1) is 47.3. The highest BCUT2D eigenvalue weighted by Crippen LogP contribution is 2.51. The number of ether oxygens (including phenoxy) is 4. The number of anilines is 3. The predicted octanol–water partition coefficient (Wildman–Crippen LogP) is -1.37. The van der Waals surface area contributed by atoms with Gasteiger partial charge in [0.15, 0.2) is 0 Å². The van der Waals surface area contributed by atoms with Crippen LogP contribution in [0.2, 0.25) is 0 Å². The molecule has 0 bridgehead atoms. The molecule has 7 N–H and O–H groups in total. The molecule has 0 radical (unpaired) electrons. The lowest BCUT2D eigenvalue weighted by atomic mass is 9.98. The van der Waals surface area contributed by atoms with Crippen molar-refractivity contribution in [1.82, 2.24) is 43.6 Å². The number of nitrogens with zero attached hydrogens (tertiary/aromatic N) is 9. The van der Waals surface area contributed by atoms with E-state index in [2.05, 4.69) is 29.9 Å². The van der Waals surface area contributed by atoms with E-state index >= 15 is 0 Å². The molecule has 0 saturated carbocycles. The van der Waals surface area contributed by atoms with Gasteiger partial charge in [0.1, 0.15) is 56.3 Å². The Balaban J connectivity index is 0.000000201. The van der Waals surface area contributed by atoms with Crippen LogP contribution < -0.4 is 34.3 Å². The van der Waals surface area contributed by atoms with Crippen LogP contribution >= 0.6 is 22.6 Å². The fourth-order valence-electron chi connectivity index (χ4n) is 4.44. The third kappa shape index (κ3) is 15.7. The summed E-state index contributed by atoms with van der Waals surface area (Å²) in [6.45, 7) is 6.63. The summed E-state index contributed by atoms with van der Waals surface area (Å²) in [6, 6.07) is 0. The maximum atomic E-state index is 12.3. The molecule has 3 aliphatic rings. The van der Waals surface area contributed by atoms with Gasteiger partial charge in [-0.2, -0.15) is 15.0 Å². The smallest absolute Gasteiger partial charge is 0.359 e. The Kier molecular flexibility index (Phi) is 16.3. The maximum absolute atomic E-state index is 12.3. The average Bonchev–Trinajstić information content (AvgIpc) is 3.14. The first-order chi connectivity index (χ1) is 27.5. The second-order valence-corrected chi connectivity index (χ2v) is 20.1. The van der Waals surface area contributed by atoms with Gasteiger partial charge in [0, 0.05) is 6.66 Å². The van der Waals surface area contributed by atoms with Crippen LogP contribution in [-0.2, 0) is 75.2 Å². The predicted molar refractivity (Wildman–Crippen MR) is 202 cm³/mol. The van der Waals surface area contributed by atoms with E-state index in [4.69, 9.17) is 59.1 Å². The summed E-state index contributed by atoms with van der Waals surface area (Å²) in [5, 5.41) is 0. The van der Waals surface area contributed by atoms with Gasteiger partial charge in [0.25, 0.3) is 0 Å². The third-order valence-corrected chi connectivity index (χ3v) is 11.4. The standard InChI is InChI=1S/C13H21N4O7P.C8H13N4O4P.C7H11N4O5P/c1-13(2,3)10(18)21-7-24-25(20)8-22-9(5-23-25)4-17-6-15-11(14)16-12(17)19;1-17(14)5-15-6(3-16-17)2-12-4-10-7(9)11-8(12)13;8-6-9-3-11(7(12)10-6)1-5-2-16-17(13,14)4-15-5/h6,9H,4-5,7-8H2,1-3H3,(H2,14,16,19);4,6H,2-3,5H2,1H3,(H2,9,11,13);3,5H,1-2,4H2,(H,13,14)(H2,8,10,12)/t9-,25?;6-,17?;5-/m000/s1. The molecular weight excluding hydrogens is 853 g/mol. The largest absolute Gasteiger partial charge is 0.438 e. The molecule has 31 heteroatoms. The normalized spacial score (nSPS) is 27.0. The van der Waals surface area contributed by atoms with Crippen molar-refractivity contribution in [3.8, 4) is 0 Å². The van der Waals surface area contributed by atoms with Crippen molar-refractivity contribution in [3.63, 3.8) is 0 Å². The summed E-state index contributed by atoms with van der Waals surface area (Å²) < 4.78 is 79.4. The van der Waals surface area contributed by atoms with Gasteiger partial charge in [-0.05, 0) is 20.8 Å². The molecule has 3 unspecified atom stereocenters. The van der Waals surface area contributed by atoms with E-state index in [1.807, 2.05) is 0 Å². The summed E-state index contributed by atoms with van der Waals surface area (Å²) in [6.07, 6.45) is 1.77. The number of carbonyl (C=O) groups excluding carboxylic acids is 1. The molecule has 6 atom stereocenters. The minimum Gasteiger partial charge on any atom is -0.438 e. The average molecular weight is 899 g/mol. The fourth-order valence-corrected chi connectivity index (χ4v) is 7.57. The summed E-state index contributed by atoms with van der Waals surface area (Å²) in [5.41, 5.74) is 13.5. The molecule has 328 valence electrons. The van der Waals surface area contributed by atoms with E-state index in [0.29, 0.717) is 0 Å². The maximum Gasteiger partial charge on any atom is 0.359 e. The van der Waals surface area contributed by atoms with Gasteiger partial charge in [-0.25, -0.2) is 29.3 Å². The Morgan fingerprint density at radius 2 is 1.14 bits per heavy atom. The minimum absolute atomic E-state index is 0.0578. The first-order valence-corrected chi connectivity index (χ1v) is 22.9. The number of nitrogen functional groups attached to an aromatic ring is 3. The van der Waals surface area contributed by atoms with Crippen molar-refractivity contribution in [2.24, 2.45) is 5.41 Å². The van der Waals surface area contributed by atoms with Crippen LogP contribution in [-0.4, -0.2) is 125 Å². The molecule has 3 aromatic heterocycles. The van der Waals surface area contributed by atoms with Crippen LogP contribution in [0, 0.1) is 5.41 Å². The number of rotatable bonds is 9. The Bertz CT molecular complexity index is 2120. The molecule has 3 saturated heterocycles. The molecule has 28 nitrogen and oxygen atoms in total. The van der Waals surface area contributed by atoms with Gasteiger partial charge in [-0.15, -0.1) is 0 Å². The van der Waals surface area contributed by atoms with E-state index < -0.39 is 70.0 Å². The molecule has 3 aliphatic heterocycles. The molecule has 3 aromatic rings. The SMILES string of the molecule is CC(C)(C)C(=O)OCOP1(=O)CO[C@@H](Cn2cnc(N)nc2=O)CO1.CP1(=O)CO[C@@H](Cn2cnc(N)nc2=O)CO1.Nc1ncn(C[C@H]2COP(=O)(O)CO2)c(=O)n1. The summed E-state index contributed by atoms with van der Waals surface area (Å²) >= 11 is 0. The zero-order valence-electron chi connectivity index (χ0n) is 32.2. The Labute approximate surface area is 334 Å². The van der Waals surface area contributed by atoms with Gasteiger partial charge in [0.2, 0.25) is 32.0 Å². The molecule has 0 aromatic carbocycles. The van der Waals surface area contributed by atoms with Crippen LogP contribution in [0.15, 0.2) is 33.4 Å². The molecule has 0 amide bonds. The highest BCUT2D eigenvalue weighted by molar-refractivity contribution is 7.58. The number of hydrogen-bond donors (Lipinski definition) is 4. The molecule has 3 fully saturated rings. The second kappa shape index (κ2) is 20.3. The zero-order chi connectivity index (χ0) is 43.6. The number of esters is 1.